The smallest absolute Gasteiger partial charge is 0.274 e. The maximum Gasteiger partial charge on any atom is 0.274 e. The molecule has 0 amide bonds. The maximum absolute atomic E-state index is 12.7. The Morgan fingerprint density at radius 2 is 1.72 bits per heavy atom. The van der Waals surface area contributed by atoms with Crippen molar-refractivity contribution in [3.63, 3.8) is 0 Å². The van der Waals surface area contributed by atoms with E-state index in [0.717, 1.165) is 34.2 Å². The Balaban J connectivity index is 1.53. The van der Waals surface area contributed by atoms with E-state index in [1.165, 1.54) is 10.9 Å². The van der Waals surface area contributed by atoms with E-state index >= 15 is 0 Å². The van der Waals surface area contributed by atoms with E-state index in [9.17, 15) is 4.79 Å². The minimum Gasteiger partial charge on any atom is -0.324 e. The fourth-order valence-electron chi connectivity index (χ4n) is 4.09. The third-order valence-electron chi connectivity index (χ3n) is 5.57. The standard InChI is InChI=1S/C23H18N8O/c1-2-30-17-11-7-6-10-15(17)19-21(30)27-23(29-28-19)31-20-16(13-24-31)22(32)26-18(25-20)12-14-8-4-3-5-9-14/h3-11,13H,2,12H2,1H3,(H,25,26,32). The Morgan fingerprint density at radius 3 is 2.56 bits per heavy atom. The first-order valence-electron chi connectivity index (χ1n) is 10.4. The van der Waals surface area contributed by atoms with Gasteiger partial charge in [0.25, 0.3) is 11.5 Å². The van der Waals surface area contributed by atoms with Gasteiger partial charge in [-0.05, 0) is 18.6 Å². The first-order chi connectivity index (χ1) is 15.7. The summed E-state index contributed by atoms with van der Waals surface area (Å²) < 4.78 is 3.57. The Kier molecular flexibility index (Phi) is 4.07. The third kappa shape index (κ3) is 2.78. The summed E-state index contributed by atoms with van der Waals surface area (Å²) in [6.45, 7) is 2.80. The number of nitrogens with one attached hydrogen (secondary N) is 1. The summed E-state index contributed by atoms with van der Waals surface area (Å²) in [6.07, 6.45) is 1.98. The molecular formula is C23H18N8O. The van der Waals surface area contributed by atoms with Crippen LogP contribution >= 0.6 is 0 Å². The molecule has 0 bridgehead atoms. The minimum absolute atomic E-state index is 0.246. The molecule has 0 saturated carbocycles. The van der Waals surface area contributed by atoms with Gasteiger partial charge in [-0.25, -0.2) is 4.98 Å². The zero-order valence-electron chi connectivity index (χ0n) is 17.2. The lowest BCUT2D eigenvalue weighted by molar-refractivity contribution is 0.771. The predicted octanol–water partition coefficient (Wildman–Crippen LogP) is 3.01. The predicted molar refractivity (Wildman–Crippen MR) is 121 cm³/mol. The number of nitrogens with zero attached hydrogens (tertiary/aromatic N) is 7. The molecule has 0 fully saturated rings. The fraction of sp³-hybridized carbons (Fsp3) is 0.130. The average Bonchev–Trinajstić information content (AvgIpc) is 3.38. The van der Waals surface area contributed by atoms with Crippen LogP contribution in [0.15, 0.2) is 65.6 Å². The van der Waals surface area contributed by atoms with Gasteiger partial charge in [-0.2, -0.15) is 14.8 Å². The average molecular weight is 422 g/mol. The van der Waals surface area contributed by atoms with Crippen LogP contribution in [0.25, 0.3) is 39.0 Å². The number of aryl methyl sites for hydroxylation is 1. The second-order valence-electron chi connectivity index (χ2n) is 7.51. The highest BCUT2D eigenvalue weighted by molar-refractivity contribution is 6.04. The third-order valence-corrected chi connectivity index (χ3v) is 5.57. The molecule has 156 valence electrons. The second kappa shape index (κ2) is 7.09. The van der Waals surface area contributed by atoms with Gasteiger partial charge >= 0.3 is 0 Å². The van der Waals surface area contributed by atoms with Crippen molar-refractivity contribution >= 4 is 33.1 Å². The van der Waals surface area contributed by atoms with Crippen molar-refractivity contribution in [3.05, 3.63) is 82.5 Å². The lowest BCUT2D eigenvalue weighted by Gasteiger charge is -2.05. The van der Waals surface area contributed by atoms with Crippen LogP contribution in [0.4, 0.5) is 0 Å². The quantitative estimate of drug-likeness (QED) is 0.468. The molecule has 0 atom stereocenters. The fourth-order valence-corrected chi connectivity index (χ4v) is 4.09. The highest BCUT2D eigenvalue weighted by Gasteiger charge is 2.18. The summed E-state index contributed by atoms with van der Waals surface area (Å²) in [4.78, 5) is 24.9. The number of hydrogen-bond acceptors (Lipinski definition) is 6. The number of rotatable bonds is 4. The molecule has 4 aromatic heterocycles. The van der Waals surface area contributed by atoms with Crippen molar-refractivity contribution in [1.29, 1.82) is 0 Å². The summed E-state index contributed by atoms with van der Waals surface area (Å²) >= 11 is 0. The van der Waals surface area contributed by atoms with Gasteiger partial charge in [-0.3, -0.25) is 4.79 Å². The van der Waals surface area contributed by atoms with E-state index in [0.29, 0.717) is 23.3 Å². The highest BCUT2D eigenvalue weighted by atomic mass is 16.1. The molecule has 9 nitrogen and oxygen atoms in total. The summed E-state index contributed by atoms with van der Waals surface area (Å²) in [7, 11) is 0. The molecule has 0 saturated heterocycles. The van der Waals surface area contributed by atoms with E-state index in [2.05, 4.69) is 36.8 Å². The van der Waals surface area contributed by atoms with Crippen LogP contribution in [0, 0.1) is 0 Å². The number of hydrogen-bond donors (Lipinski definition) is 1. The SMILES string of the molecule is CCn1c2ccccc2c2nnc(-n3ncc4c(=O)[nH]c(Cc5ccccc5)nc43)nc21. The lowest BCUT2D eigenvalue weighted by atomic mass is 10.1. The Labute approximate surface area is 181 Å². The molecule has 9 heteroatoms. The Hall–Kier alpha value is -4.40. The van der Waals surface area contributed by atoms with E-state index in [1.807, 2.05) is 54.6 Å². The largest absolute Gasteiger partial charge is 0.324 e. The van der Waals surface area contributed by atoms with E-state index < -0.39 is 0 Å². The van der Waals surface area contributed by atoms with Crippen LogP contribution < -0.4 is 5.56 Å². The van der Waals surface area contributed by atoms with Crippen LogP contribution in [0.5, 0.6) is 0 Å². The van der Waals surface area contributed by atoms with Gasteiger partial charge in [0.1, 0.15) is 16.7 Å². The Bertz CT molecular complexity index is 1660. The molecule has 6 rings (SSSR count). The molecule has 0 aliphatic rings. The van der Waals surface area contributed by atoms with Crippen LogP contribution in [-0.4, -0.2) is 39.5 Å². The number of fused-ring (bicyclic) bond motifs is 4. The highest BCUT2D eigenvalue weighted by Crippen LogP contribution is 2.26. The zero-order valence-corrected chi connectivity index (χ0v) is 17.2. The van der Waals surface area contributed by atoms with Crippen LogP contribution in [0.3, 0.4) is 0 Å². The number of benzene rings is 2. The molecule has 32 heavy (non-hydrogen) atoms. The van der Waals surface area contributed by atoms with Gasteiger partial charge in [0.05, 0.1) is 11.7 Å². The monoisotopic (exact) mass is 422 g/mol. The van der Waals surface area contributed by atoms with Crippen molar-refractivity contribution in [2.75, 3.05) is 0 Å². The van der Waals surface area contributed by atoms with Crippen molar-refractivity contribution in [2.24, 2.45) is 0 Å². The van der Waals surface area contributed by atoms with E-state index in [-0.39, 0.29) is 11.5 Å². The first kappa shape index (κ1) is 18.4. The van der Waals surface area contributed by atoms with Gasteiger partial charge in [0, 0.05) is 18.4 Å². The maximum atomic E-state index is 12.7. The topological polar surface area (TPSA) is 107 Å². The second-order valence-corrected chi connectivity index (χ2v) is 7.51. The van der Waals surface area contributed by atoms with Gasteiger partial charge in [0.2, 0.25) is 0 Å². The van der Waals surface area contributed by atoms with Crippen LogP contribution in [-0.2, 0) is 13.0 Å². The number of aromatic amines is 1. The summed E-state index contributed by atoms with van der Waals surface area (Å²) in [5, 5.41) is 14.5. The molecule has 0 radical (unpaired) electrons. The van der Waals surface area contributed by atoms with Crippen molar-refractivity contribution < 1.29 is 0 Å². The minimum atomic E-state index is -0.246. The van der Waals surface area contributed by atoms with Gasteiger partial charge in [0.15, 0.2) is 11.3 Å². The molecule has 2 aromatic carbocycles. The van der Waals surface area contributed by atoms with Crippen molar-refractivity contribution in [2.45, 2.75) is 19.9 Å². The van der Waals surface area contributed by atoms with Gasteiger partial charge in [-0.1, -0.05) is 48.5 Å². The van der Waals surface area contributed by atoms with Crippen LogP contribution in [0.2, 0.25) is 0 Å². The molecule has 0 aliphatic carbocycles. The van der Waals surface area contributed by atoms with E-state index in [1.54, 1.807) is 0 Å². The molecule has 0 spiro atoms. The van der Waals surface area contributed by atoms with Gasteiger partial charge < -0.3 is 9.55 Å². The molecule has 0 aliphatic heterocycles. The summed E-state index contributed by atoms with van der Waals surface area (Å²) in [5.74, 6) is 0.820. The number of H-pyrrole nitrogens is 1. The first-order valence-corrected chi connectivity index (χ1v) is 10.4. The molecular weight excluding hydrogens is 404 g/mol. The lowest BCUT2D eigenvalue weighted by Crippen LogP contribution is -2.14. The normalized spacial score (nSPS) is 11.7. The van der Waals surface area contributed by atoms with Crippen molar-refractivity contribution in [3.8, 4) is 5.95 Å². The molecule has 1 N–H and O–H groups in total. The molecule has 4 heterocycles. The molecule has 6 aromatic rings. The van der Waals surface area contributed by atoms with Crippen molar-refractivity contribution in [1.82, 2.24) is 39.5 Å². The van der Waals surface area contributed by atoms with Gasteiger partial charge in [-0.15, -0.1) is 10.2 Å². The number of para-hydroxylation sites is 1. The molecule has 0 unspecified atom stereocenters. The zero-order chi connectivity index (χ0) is 21.7. The Morgan fingerprint density at radius 1 is 0.906 bits per heavy atom. The number of aromatic nitrogens is 8. The van der Waals surface area contributed by atoms with E-state index in [4.69, 9.17) is 4.98 Å². The summed E-state index contributed by atoms with van der Waals surface area (Å²) in [6, 6.07) is 17.9. The van der Waals surface area contributed by atoms with Crippen LogP contribution in [0.1, 0.15) is 18.3 Å². The summed E-state index contributed by atoms with van der Waals surface area (Å²) in [5.41, 5.74) is 3.71.